The highest BCUT2D eigenvalue weighted by Crippen LogP contribution is 2.20. The normalized spacial score (nSPS) is 14.4. The van der Waals surface area contributed by atoms with Crippen LogP contribution in [0.2, 0.25) is 0 Å². The van der Waals surface area contributed by atoms with Crippen molar-refractivity contribution >= 4 is 0 Å². The van der Waals surface area contributed by atoms with Gasteiger partial charge in [-0.05, 0) is 55.3 Å². The molecule has 1 heteroatoms. The van der Waals surface area contributed by atoms with Crippen LogP contribution in [0.25, 0.3) is 11.1 Å². The van der Waals surface area contributed by atoms with Gasteiger partial charge in [-0.25, -0.2) is 0 Å². The highest BCUT2D eigenvalue weighted by Gasteiger charge is 2.19. The van der Waals surface area contributed by atoms with E-state index in [9.17, 15) is 0 Å². The van der Waals surface area contributed by atoms with E-state index in [4.69, 9.17) is 0 Å². The van der Waals surface area contributed by atoms with Gasteiger partial charge in [0.05, 0.1) is 0 Å². The standard InChI is InChI=1S/C19H23N/c1-2-7-17(8-3-1)18-11-9-16(10-12-18)6-4-5-15-20-19-13-14-19/h1-3,7-12,19-20H,4-6,13-15H2. The predicted octanol–water partition coefficient (Wildman–Crippen LogP) is 4.43. The van der Waals surface area contributed by atoms with Crippen LogP contribution in [-0.4, -0.2) is 12.6 Å². The van der Waals surface area contributed by atoms with Crippen molar-refractivity contribution in [3.8, 4) is 11.1 Å². The lowest BCUT2D eigenvalue weighted by atomic mass is 10.0. The van der Waals surface area contributed by atoms with Crippen molar-refractivity contribution < 1.29 is 0 Å². The van der Waals surface area contributed by atoms with E-state index < -0.39 is 0 Å². The van der Waals surface area contributed by atoms with Gasteiger partial charge < -0.3 is 5.32 Å². The summed E-state index contributed by atoms with van der Waals surface area (Å²) >= 11 is 0. The van der Waals surface area contributed by atoms with Crippen LogP contribution >= 0.6 is 0 Å². The summed E-state index contributed by atoms with van der Waals surface area (Å²) in [5.41, 5.74) is 4.06. The fourth-order valence-corrected chi connectivity index (χ4v) is 2.54. The molecular weight excluding hydrogens is 242 g/mol. The molecule has 0 amide bonds. The van der Waals surface area contributed by atoms with Gasteiger partial charge in [0.1, 0.15) is 0 Å². The summed E-state index contributed by atoms with van der Waals surface area (Å²) in [5.74, 6) is 0. The van der Waals surface area contributed by atoms with Crippen LogP contribution in [0.15, 0.2) is 54.6 Å². The molecule has 2 aromatic carbocycles. The largest absolute Gasteiger partial charge is 0.314 e. The minimum absolute atomic E-state index is 0.847. The summed E-state index contributed by atoms with van der Waals surface area (Å²) in [6.45, 7) is 1.19. The molecule has 1 nitrogen and oxygen atoms in total. The lowest BCUT2D eigenvalue weighted by Gasteiger charge is -2.05. The van der Waals surface area contributed by atoms with Gasteiger partial charge in [-0.3, -0.25) is 0 Å². The van der Waals surface area contributed by atoms with E-state index in [0.29, 0.717) is 0 Å². The lowest BCUT2D eigenvalue weighted by Crippen LogP contribution is -2.17. The van der Waals surface area contributed by atoms with Crippen molar-refractivity contribution in [2.45, 2.75) is 38.1 Å². The Morgan fingerprint density at radius 3 is 2.20 bits per heavy atom. The highest BCUT2D eigenvalue weighted by molar-refractivity contribution is 5.63. The van der Waals surface area contributed by atoms with E-state index in [1.165, 1.54) is 55.3 Å². The van der Waals surface area contributed by atoms with Crippen LogP contribution in [0.3, 0.4) is 0 Å². The topological polar surface area (TPSA) is 12.0 Å². The average molecular weight is 265 g/mol. The molecule has 3 rings (SSSR count). The third-order valence-corrected chi connectivity index (χ3v) is 3.96. The Bertz CT molecular complexity index is 511. The van der Waals surface area contributed by atoms with Crippen molar-refractivity contribution in [2.75, 3.05) is 6.54 Å². The molecule has 0 bridgehead atoms. The van der Waals surface area contributed by atoms with Crippen LogP contribution in [0.1, 0.15) is 31.2 Å². The molecule has 0 atom stereocenters. The van der Waals surface area contributed by atoms with Gasteiger partial charge in [0.15, 0.2) is 0 Å². The first-order valence-electron chi connectivity index (χ1n) is 7.79. The molecule has 0 saturated heterocycles. The molecule has 1 aliphatic rings. The van der Waals surface area contributed by atoms with Crippen LogP contribution in [0, 0.1) is 0 Å². The zero-order valence-electron chi connectivity index (χ0n) is 12.0. The van der Waals surface area contributed by atoms with Crippen molar-refractivity contribution in [3.63, 3.8) is 0 Å². The maximum atomic E-state index is 3.57. The molecule has 0 aliphatic heterocycles. The van der Waals surface area contributed by atoms with Crippen molar-refractivity contribution in [3.05, 3.63) is 60.2 Å². The number of hydrogen-bond acceptors (Lipinski definition) is 1. The minimum atomic E-state index is 0.847. The van der Waals surface area contributed by atoms with Gasteiger partial charge in [0.2, 0.25) is 0 Å². The second kappa shape index (κ2) is 6.71. The maximum absolute atomic E-state index is 3.57. The molecular formula is C19H23N. The van der Waals surface area contributed by atoms with Crippen molar-refractivity contribution in [1.29, 1.82) is 0 Å². The maximum Gasteiger partial charge on any atom is 0.00682 e. The molecule has 1 aliphatic carbocycles. The van der Waals surface area contributed by atoms with Gasteiger partial charge in [-0.2, -0.15) is 0 Å². The molecule has 0 heterocycles. The van der Waals surface area contributed by atoms with Crippen LogP contribution in [-0.2, 0) is 6.42 Å². The Labute approximate surface area is 122 Å². The Morgan fingerprint density at radius 2 is 1.50 bits per heavy atom. The predicted molar refractivity (Wildman–Crippen MR) is 85.8 cm³/mol. The van der Waals surface area contributed by atoms with Gasteiger partial charge in [-0.15, -0.1) is 0 Å². The molecule has 0 radical (unpaired) electrons. The number of unbranched alkanes of at least 4 members (excludes halogenated alkanes) is 1. The summed E-state index contributed by atoms with van der Waals surface area (Å²) in [6.07, 6.45) is 6.55. The van der Waals surface area contributed by atoms with Crippen LogP contribution in [0.5, 0.6) is 0 Å². The average Bonchev–Trinajstić information content (AvgIpc) is 3.33. The van der Waals surface area contributed by atoms with E-state index in [-0.39, 0.29) is 0 Å². The number of aryl methyl sites for hydroxylation is 1. The second-order valence-corrected chi connectivity index (χ2v) is 5.75. The SMILES string of the molecule is c1ccc(-c2ccc(CCCCNC3CC3)cc2)cc1. The number of rotatable bonds is 7. The zero-order valence-corrected chi connectivity index (χ0v) is 12.0. The molecule has 1 fully saturated rings. The first kappa shape index (κ1) is 13.4. The second-order valence-electron chi connectivity index (χ2n) is 5.75. The number of nitrogens with one attached hydrogen (secondary N) is 1. The van der Waals surface area contributed by atoms with E-state index in [1.54, 1.807) is 0 Å². The van der Waals surface area contributed by atoms with Gasteiger partial charge in [-0.1, -0.05) is 54.6 Å². The summed E-state index contributed by atoms with van der Waals surface area (Å²) in [4.78, 5) is 0. The van der Waals surface area contributed by atoms with Crippen molar-refractivity contribution in [2.24, 2.45) is 0 Å². The summed E-state index contributed by atoms with van der Waals surface area (Å²) in [7, 11) is 0. The molecule has 0 aromatic heterocycles. The number of benzene rings is 2. The zero-order chi connectivity index (χ0) is 13.6. The summed E-state index contributed by atoms with van der Waals surface area (Å²) in [6, 6.07) is 20.5. The molecule has 104 valence electrons. The summed E-state index contributed by atoms with van der Waals surface area (Å²) in [5, 5.41) is 3.57. The molecule has 1 N–H and O–H groups in total. The first-order chi connectivity index (χ1) is 9.92. The minimum Gasteiger partial charge on any atom is -0.314 e. The molecule has 2 aromatic rings. The van der Waals surface area contributed by atoms with E-state index in [1.807, 2.05) is 0 Å². The fraction of sp³-hybridized carbons (Fsp3) is 0.368. The Hall–Kier alpha value is -1.60. The van der Waals surface area contributed by atoms with Crippen LogP contribution < -0.4 is 5.32 Å². The van der Waals surface area contributed by atoms with Crippen molar-refractivity contribution in [1.82, 2.24) is 5.32 Å². The highest BCUT2D eigenvalue weighted by atomic mass is 14.9. The third kappa shape index (κ3) is 3.94. The summed E-state index contributed by atoms with van der Waals surface area (Å²) < 4.78 is 0. The van der Waals surface area contributed by atoms with Gasteiger partial charge >= 0.3 is 0 Å². The third-order valence-electron chi connectivity index (χ3n) is 3.96. The van der Waals surface area contributed by atoms with Gasteiger partial charge in [0, 0.05) is 6.04 Å². The Morgan fingerprint density at radius 1 is 0.800 bits per heavy atom. The van der Waals surface area contributed by atoms with E-state index in [0.717, 1.165) is 6.04 Å². The Balaban J connectivity index is 1.46. The monoisotopic (exact) mass is 265 g/mol. The lowest BCUT2D eigenvalue weighted by molar-refractivity contribution is 0.620. The fourth-order valence-electron chi connectivity index (χ4n) is 2.54. The van der Waals surface area contributed by atoms with E-state index in [2.05, 4.69) is 59.9 Å². The van der Waals surface area contributed by atoms with Gasteiger partial charge in [0.25, 0.3) is 0 Å². The molecule has 1 saturated carbocycles. The Kier molecular flexibility index (Phi) is 4.49. The van der Waals surface area contributed by atoms with Crippen LogP contribution in [0.4, 0.5) is 0 Å². The molecule has 0 unspecified atom stereocenters. The molecule has 20 heavy (non-hydrogen) atoms. The van der Waals surface area contributed by atoms with E-state index >= 15 is 0 Å². The first-order valence-corrected chi connectivity index (χ1v) is 7.79. The quantitative estimate of drug-likeness (QED) is 0.730. The molecule has 0 spiro atoms. The smallest absolute Gasteiger partial charge is 0.00682 e. The number of hydrogen-bond donors (Lipinski definition) is 1.